The molecule has 0 fully saturated rings. The second-order valence-electron chi connectivity index (χ2n) is 6.71. The van der Waals surface area contributed by atoms with Gasteiger partial charge in [0.15, 0.2) is 6.61 Å². The third-order valence-corrected chi connectivity index (χ3v) is 4.68. The van der Waals surface area contributed by atoms with Gasteiger partial charge in [-0.2, -0.15) is 5.26 Å². The van der Waals surface area contributed by atoms with Crippen LogP contribution in [0.2, 0.25) is 5.02 Å². The van der Waals surface area contributed by atoms with Gasteiger partial charge in [0, 0.05) is 16.3 Å². The molecule has 166 valence electrons. The summed E-state index contributed by atoms with van der Waals surface area (Å²) in [6.07, 6.45) is 1.40. The molecule has 2 amide bonds. The number of carbonyl (C=O) groups is 2. The van der Waals surface area contributed by atoms with Gasteiger partial charge < -0.3 is 20.1 Å². The highest BCUT2D eigenvalue weighted by Gasteiger charge is 2.13. The number of amides is 2. The summed E-state index contributed by atoms with van der Waals surface area (Å²) >= 11 is 5.85. The van der Waals surface area contributed by atoms with Gasteiger partial charge in [-0.15, -0.1) is 0 Å². The van der Waals surface area contributed by atoms with E-state index in [1.54, 1.807) is 72.8 Å². The SMILES string of the molecule is COc1ccccc1NC(=O)COc1ccccc1/C=C(/C#N)C(=O)Nc1ccc(Cl)cc1. The summed E-state index contributed by atoms with van der Waals surface area (Å²) < 4.78 is 10.9. The molecule has 3 aromatic rings. The summed E-state index contributed by atoms with van der Waals surface area (Å²) in [4.78, 5) is 24.9. The topological polar surface area (TPSA) is 100 Å². The fourth-order valence-corrected chi connectivity index (χ4v) is 2.97. The summed E-state index contributed by atoms with van der Waals surface area (Å²) in [6, 6.07) is 22.2. The molecule has 0 heterocycles. The number of hydrogen-bond donors (Lipinski definition) is 2. The van der Waals surface area contributed by atoms with Crippen LogP contribution in [0.15, 0.2) is 78.4 Å². The van der Waals surface area contributed by atoms with Gasteiger partial charge >= 0.3 is 0 Å². The Hall–Kier alpha value is -4.28. The van der Waals surface area contributed by atoms with Gasteiger partial charge in [0.05, 0.1) is 12.8 Å². The van der Waals surface area contributed by atoms with E-state index in [0.717, 1.165) is 0 Å². The van der Waals surface area contributed by atoms with E-state index in [4.69, 9.17) is 21.1 Å². The summed E-state index contributed by atoms with van der Waals surface area (Å²) in [5.41, 5.74) is 1.38. The first-order valence-electron chi connectivity index (χ1n) is 9.83. The highest BCUT2D eigenvalue weighted by Crippen LogP contribution is 2.24. The standard InChI is InChI=1S/C25H20ClN3O4/c1-32-23-9-5-3-7-21(23)29-24(30)16-33-22-8-4-2-6-17(22)14-18(15-27)25(31)28-20-12-10-19(26)11-13-20/h2-14H,16H2,1H3,(H,28,31)(H,29,30)/b18-14-. The molecule has 0 aromatic heterocycles. The van der Waals surface area contributed by atoms with Crippen molar-refractivity contribution in [1.29, 1.82) is 5.26 Å². The van der Waals surface area contributed by atoms with Crippen molar-refractivity contribution in [3.05, 3.63) is 89.0 Å². The number of nitriles is 1. The lowest BCUT2D eigenvalue weighted by Gasteiger charge is -2.12. The summed E-state index contributed by atoms with van der Waals surface area (Å²) in [7, 11) is 1.51. The van der Waals surface area contributed by atoms with Crippen molar-refractivity contribution in [3.63, 3.8) is 0 Å². The zero-order valence-electron chi connectivity index (χ0n) is 17.7. The number of methoxy groups -OCH3 is 1. The number of hydrogen-bond acceptors (Lipinski definition) is 5. The maximum Gasteiger partial charge on any atom is 0.266 e. The van der Waals surface area contributed by atoms with Crippen molar-refractivity contribution in [2.75, 3.05) is 24.4 Å². The number of rotatable bonds is 8. The second kappa shape index (κ2) is 11.4. The number of ether oxygens (including phenoxy) is 2. The molecule has 0 bridgehead atoms. The molecule has 0 radical (unpaired) electrons. The predicted molar refractivity (Wildman–Crippen MR) is 127 cm³/mol. The summed E-state index contributed by atoms with van der Waals surface area (Å²) in [5.74, 6) is -0.0953. The fraction of sp³-hybridized carbons (Fsp3) is 0.0800. The summed E-state index contributed by atoms with van der Waals surface area (Å²) in [6.45, 7) is -0.276. The first kappa shape index (κ1) is 23.4. The molecule has 0 unspecified atom stereocenters. The van der Waals surface area contributed by atoms with E-state index in [-0.39, 0.29) is 18.1 Å². The highest BCUT2D eigenvalue weighted by atomic mass is 35.5. The Balaban J connectivity index is 1.70. The Kier molecular flexibility index (Phi) is 8.06. The molecule has 0 aliphatic rings. The van der Waals surface area contributed by atoms with Crippen molar-refractivity contribution in [1.82, 2.24) is 0 Å². The van der Waals surface area contributed by atoms with Crippen molar-refractivity contribution in [2.45, 2.75) is 0 Å². The minimum absolute atomic E-state index is 0.125. The predicted octanol–water partition coefficient (Wildman–Crippen LogP) is 4.91. The molecule has 8 heteroatoms. The lowest BCUT2D eigenvalue weighted by atomic mass is 10.1. The first-order chi connectivity index (χ1) is 16.0. The van der Waals surface area contributed by atoms with Crippen LogP contribution in [0.1, 0.15) is 5.56 Å². The molecular weight excluding hydrogens is 442 g/mol. The van der Waals surface area contributed by atoms with E-state index in [1.807, 2.05) is 6.07 Å². The van der Waals surface area contributed by atoms with Crippen LogP contribution in [0.4, 0.5) is 11.4 Å². The lowest BCUT2D eigenvalue weighted by molar-refractivity contribution is -0.118. The molecule has 0 saturated heterocycles. The minimum Gasteiger partial charge on any atom is -0.495 e. The van der Waals surface area contributed by atoms with Crippen molar-refractivity contribution in [3.8, 4) is 17.6 Å². The van der Waals surface area contributed by atoms with E-state index < -0.39 is 5.91 Å². The second-order valence-corrected chi connectivity index (χ2v) is 7.14. The van der Waals surface area contributed by atoms with E-state index in [1.165, 1.54) is 13.2 Å². The van der Waals surface area contributed by atoms with Crippen molar-refractivity contribution < 1.29 is 19.1 Å². The van der Waals surface area contributed by atoms with Crippen molar-refractivity contribution in [2.24, 2.45) is 0 Å². The summed E-state index contributed by atoms with van der Waals surface area (Å²) in [5, 5.41) is 15.4. The molecule has 0 aliphatic carbocycles. The van der Waals surface area contributed by atoms with E-state index in [2.05, 4.69) is 10.6 Å². The van der Waals surface area contributed by atoms with Crippen LogP contribution in [0.25, 0.3) is 6.08 Å². The van der Waals surface area contributed by atoms with Crippen LogP contribution in [-0.4, -0.2) is 25.5 Å². The average Bonchev–Trinajstić information content (AvgIpc) is 2.83. The third-order valence-electron chi connectivity index (χ3n) is 4.43. The fourth-order valence-electron chi connectivity index (χ4n) is 2.84. The van der Waals surface area contributed by atoms with Crippen LogP contribution in [0.3, 0.4) is 0 Å². The maximum absolute atomic E-state index is 12.5. The smallest absolute Gasteiger partial charge is 0.266 e. The van der Waals surface area contributed by atoms with Crippen LogP contribution in [0.5, 0.6) is 11.5 Å². The van der Waals surface area contributed by atoms with E-state index >= 15 is 0 Å². The molecule has 7 nitrogen and oxygen atoms in total. The Morgan fingerprint density at radius 2 is 1.64 bits per heavy atom. The molecule has 0 saturated carbocycles. The van der Waals surface area contributed by atoms with Gasteiger partial charge in [-0.05, 0) is 48.5 Å². The normalized spacial score (nSPS) is 10.6. The Labute approximate surface area is 196 Å². The molecule has 0 spiro atoms. The minimum atomic E-state index is -0.580. The monoisotopic (exact) mass is 461 g/mol. The quantitative estimate of drug-likeness (QED) is 0.366. The zero-order chi connectivity index (χ0) is 23.6. The molecule has 0 aliphatic heterocycles. The highest BCUT2D eigenvalue weighted by molar-refractivity contribution is 6.30. The number of nitrogens with one attached hydrogen (secondary N) is 2. The Bertz CT molecular complexity index is 1220. The number of para-hydroxylation sites is 3. The van der Waals surface area contributed by atoms with Gasteiger partial charge in [0.25, 0.3) is 11.8 Å². The van der Waals surface area contributed by atoms with Crippen LogP contribution >= 0.6 is 11.6 Å². The molecule has 33 heavy (non-hydrogen) atoms. The maximum atomic E-state index is 12.5. The van der Waals surface area contributed by atoms with Gasteiger partial charge in [0.1, 0.15) is 23.1 Å². The van der Waals surface area contributed by atoms with Crippen LogP contribution in [-0.2, 0) is 9.59 Å². The Morgan fingerprint density at radius 3 is 2.33 bits per heavy atom. The first-order valence-corrected chi connectivity index (χ1v) is 10.2. The number of nitrogens with zero attached hydrogens (tertiary/aromatic N) is 1. The van der Waals surface area contributed by atoms with Gasteiger partial charge in [-0.1, -0.05) is 41.9 Å². The van der Waals surface area contributed by atoms with Crippen LogP contribution in [0, 0.1) is 11.3 Å². The van der Waals surface area contributed by atoms with E-state index in [0.29, 0.717) is 33.5 Å². The largest absolute Gasteiger partial charge is 0.495 e. The van der Waals surface area contributed by atoms with Gasteiger partial charge in [0.2, 0.25) is 0 Å². The molecule has 0 atom stereocenters. The number of halogens is 1. The van der Waals surface area contributed by atoms with Gasteiger partial charge in [-0.25, -0.2) is 0 Å². The molecule has 2 N–H and O–H groups in total. The number of anilines is 2. The number of benzene rings is 3. The Morgan fingerprint density at radius 1 is 0.970 bits per heavy atom. The average molecular weight is 462 g/mol. The molecule has 3 aromatic carbocycles. The lowest BCUT2D eigenvalue weighted by Crippen LogP contribution is -2.20. The zero-order valence-corrected chi connectivity index (χ0v) is 18.4. The van der Waals surface area contributed by atoms with E-state index in [9.17, 15) is 14.9 Å². The third kappa shape index (κ3) is 6.60. The van der Waals surface area contributed by atoms with Crippen LogP contribution < -0.4 is 20.1 Å². The number of carbonyl (C=O) groups excluding carboxylic acids is 2. The molecular formula is C25H20ClN3O4. The van der Waals surface area contributed by atoms with Crippen molar-refractivity contribution >= 4 is 40.9 Å². The molecule has 3 rings (SSSR count). The van der Waals surface area contributed by atoms with Gasteiger partial charge in [-0.3, -0.25) is 9.59 Å².